The summed E-state index contributed by atoms with van der Waals surface area (Å²) in [5.74, 6) is -0.279. The first-order valence-electron chi connectivity index (χ1n) is 6.42. The third kappa shape index (κ3) is 4.15. The summed E-state index contributed by atoms with van der Waals surface area (Å²) >= 11 is 10.4. The zero-order chi connectivity index (χ0) is 16.3. The van der Waals surface area contributed by atoms with Crippen LogP contribution in [0.1, 0.15) is 6.92 Å². The molecule has 0 radical (unpaired) electrons. The van der Waals surface area contributed by atoms with Crippen LogP contribution in [0.5, 0.6) is 0 Å². The number of hydrogen-bond acceptors (Lipinski definition) is 3. The van der Waals surface area contributed by atoms with Gasteiger partial charge in [-0.2, -0.15) is 0 Å². The second-order valence-electron chi connectivity index (χ2n) is 4.65. The number of rotatable bonds is 4. The lowest BCUT2D eigenvalue weighted by Crippen LogP contribution is -2.32. The molecule has 2 aromatic carbocycles. The van der Waals surface area contributed by atoms with Crippen LogP contribution in [0.4, 0.5) is 5.69 Å². The molecule has 2 atom stereocenters. The number of nitrogens with one attached hydrogen (secondary N) is 1. The van der Waals surface area contributed by atoms with Gasteiger partial charge >= 0.3 is 0 Å². The minimum Gasteiger partial charge on any atom is -0.606 e. The van der Waals surface area contributed by atoms with Crippen molar-refractivity contribution in [1.82, 2.24) is 0 Å². The van der Waals surface area contributed by atoms with E-state index in [1.807, 2.05) is 0 Å². The van der Waals surface area contributed by atoms with Crippen LogP contribution in [-0.2, 0) is 16.0 Å². The van der Waals surface area contributed by atoms with Crippen LogP contribution in [-0.4, -0.2) is 16.5 Å². The molecule has 0 bridgehead atoms. The molecule has 2 aromatic rings. The maximum Gasteiger partial charge on any atom is 0.240 e. The maximum absolute atomic E-state index is 12.5. The summed E-state index contributed by atoms with van der Waals surface area (Å²) in [6.45, 7) is 1.60. The first kappa shape index (κ1) is 17.1. The summed E-state index contributed by atoms with van der Waals surface area (Å²) in [5, 5.41) is 3.43. The second kappa shape index (κ2) is 7.35. The number of anilines is 1. The van der Waals surface area contributed by atoms with Gasteiger partial charge in [-0.3, -0.25) is 4.79 Å². The average molecular weight is 357 g/mol. The molecule has 4 nitrogen and oxygen atoms in total. The first-order valence-corrected chi connectivity index (χ1v) is 8.32. The Labute approximate surface area is 141 Å². The summed E-state index contributed by atoms with van der Waals surface area (Å²) in [7, 11) is 0. The number of carbonyl (C=O) groups is 1. The molecular formula is C15H14Cl2N2O2S. The summed E-state index contributed by atoms with van der Waals surface area (Å²) in [6, 6.07) is 10.9. The fourth-order valence-electron chi connectivity index (χ4n) is 1.65. The van der Waals surface area contributed by atoms with Crippen molar-refractivity contribution in [2.24, 2.45) is 5.73 Å². The normalized spacial score (nSPS) is 13.5. The Bertz CT molecular complexity index is 678. The van der Waals surface area contributed by atoms with E-state index in [-0.39, 0.29) is 5.91 Å². The molecule has 0 aliphatic heterocycles. The highest BCUT2D eigenvalue weighted by Gasteiger charge is 2.16. The number of amides is 1. The van der Waals surface area contributed by atoms with Gasteiger partial charge in [0, 0.05) is 22.9 Å². The van der Waals surface area contributed by atoms with Gasteiger partial charge in [0.15, 0.2) is 9.79 Å². The largest absolute Gasteiger partial charge is 0.606 e. The van der Waals surface area contributed by atoms with Gasteiger partial charge in [-0.15, -0.1) is 0 Å². The van der Waals surface area contributed by atoms with Gasteiger partial charge in [0.2, 0.25) is 5.91 Å². The van der Waals surface area contributed by atoms with Gasteiger partial charge < -0.3 is 15.6 Å². The van der Waals surface area contributed by atoms with Crippen molar-refractivity contribution >= 4 is 46.0 Å². The molecule has 7 heteroatoms. The van der Waals surface area contributed by atoms with Crippen molar-refractivity contribution in [3.05, 3.63) is 52.5 Å². The molecule has 3 N–H and O–H groups in total. The van der Waals surface area contributed by atoms with E-state index < -0.39 is 17.2 Å². The molecule has 1 amide bonds. The van der Waals surface area contributed by atoms with Gasteiger partial charge in [-0.25, -0.2) is 0 Å². The highest BCUT2D eigenvalue weighted by atomic mass is 35.5. The summed E-state index contributed by atoms with van der Waals surface area (Å²) < 4.78 is 12.5. The Morgan fingerprint density at radius 3 is 2.27 bits per heavy atom. The zero-order valence-corrected chi connectivity index (χ0v) is 14.0. The number of benzene rings is 2. The molecule has 0 aromatic heterocycles. The van der Waals surface area contributed by atoms with Crippen molar-refractivity contribution in [3.8, 4) is 0 Å². The van der Waals surface area contributed by atoms with E-state index in [0.717, 1.165) is 0 Å². The van der Waals surface area contributed by atoms with Gasteiger partial charge in [-0.05, 0) is 43.3 Å². The van der Waals surface area contributed by atoms with Crippen molar-refractivity contribution in [1.29, 1.82) is 0 Å². The molecule has 0 saturated carbocycles. The van der Waals surface area contributed by atoms with E-state index in [1.165, 1.54) is 0 Å². The molecule has 2 rings (SSSR count). The van der Waals surface area contributed by atoms with E-state index in [1.54, 1.807) is 49.4 Å². The molecule has 0 saturated heterocycles. The fraction of sp³-hybridized carbons (Fsp3) is 0.133. The second-order valence-corrected chi connectivity index (χ2v) is 6.94. The Balaban J connectivity index is 2.15. The standard InChI is InChI=1S/C15H14Cl2N2O2S/c1-9(18)15(20)19-10-2-4-11(5-3-10)22(21)12-6-7-13(16)14(17)8-12/h2-9H,18H2,1H3,(H,19,20). The van der Waals surface area contributed by atoms with Gasteiger partial charge in [0.1, 0.15) is 0 Å². The van der Waals surface area contributed by atoms with E-state index >= 15 is 0 Å². The molecular weight excluding hydrogens is 343 g/mol. The third-order valence-electron chi connectivity index (χ3n) is 2.85. The molecule has 2 unspecified atom stereocenters. The highest BCUT2D eigenvalue weighted by Crippen LogP contribution is 2.28. The quantitative estimate of drug-likeness (QED) is 0.823. The fourth-order valence-corrected chi connectivity index (χ4v) is 3.08. The highest BCUT2D eigenvalue weighted by molar-refractivity contribution is 7.91. The lowest BCUT2D eigenvalue weighted by molar-refractivity contribution is -0.117. The number of hydrogen-bond donors (Lipinski definition) is 2. The van der Waals surface area contributed by atoms with Crippen molar-refractivity contribution in [3.63, 3.8) is 0 Å². The molecule has 0 heterocycles. The third-order valence-corrected chi connectivity index (χ3v) is 4.98. The summed E-state index contributed by atoms with van der Waals surface area (Å²) in [4.78, 5) is 12.7. The molecule has 22 heavy (non-hydrogen) atoms. The van der Waals surface area contributed by atoms with Gasteiger partial charge in [0.05, 0.1) is 16.1 Å². The number of nitrogens with two attached hydrogens (primary N) is 1. The van der Waals surface area contributed by atoms with Crippen molar-refractivity contribution in [2.45, 2.75) is 22.8 Å². The van der Waals surface area contributed by atoms with Crippen LogP contribution in [0.2, 0.25) is 10.0 Å². The smallest absolute Gasteiger partial charge is 0.240 e. The van der Waals surface area contributed by atoms with Crippen molar-refractivity contribution < 1.29 is 9.35 Å². The van der Waals surface area contributed by atoms with Crippen LogP contribution < -0.4 is 11.1 Å². The summed E-state index contributed by atoms with van der Waals surface area (Å²) in [6.07, 6.45) is 0. The SMILES string of the molecule is CC(N)C(=O)Nc1ccc([S+]([O-])c2ccc(Cl)c(Cl)c2)cc1. The van der Waals surface area contributed by atoms with Gasteiger partial charge in [-0.1, -0.05) is 23.2 Å². The van der Waals surface area contributed by atoms with Crippen LogP contribution in [0.15, 0.2) is 52.3 Å². The molecule has 0 aliphatic rings. The zero-order valence-electron chi connectivity index (χ0n) is 11.7. The topological polar surface area (TPSA) is 78.2 Å². The van der Waals surface area contributed by atoms with Crippen molar-refractivity contribution in [2.75, 3.05) is 5.32 Å². The summed E-state index contributed by atoms with van der Waals surface area (Å²) in [5.41, 5.74) is 6.07. The van der Waals surface area contributed by atoms with Crippen LogP contribution in [0, 0.1) is 0 Å². The molecule has 0 spiro atoms. The Hall–Kier alpha value is -1.24. The molecule has 0 aliphatic carbocycles. The number of halogens is 2. The maximum atomic E-state index is 12.5. The van der Waals surface area contributed by atoms with Crippen LogP contribution >= 0.6 is 23.2 Å². The average Bonchev–Trinajstić information content (AvgIpc) is 2.50. The predicted molar refractivity (Wildman–Crippen MR) is 89.9 cm³/mol. The Kier molecular flexibility index (Phi) is 5.72. The van der Waals surface area contributed by atoms with Gasteiger partial charge in [0.25, 0.3) is 0 Å². The Morgan fingerprint density at radius 1 is 1.14 bits per heavy atom. The predicted octanol–water partition coefficient (Wildman–Crippen LogP) is 3.45. The molecule has 116 valence electrons. The number of carbonyl (C=O) groups excluding carboxylic acids is 1. The first-order chi connectivity index (χ1) is 10.4. The minimum atomic E-state index is -1.38. The minimum absolute atomic E-state index is 0.279. The lowest BCUT2D eigenvalue weighted by Gasteiger charge is -2.12. The van der Waals surface area contributed by atoms with Crippen LogP contribution in [0.25, 0.3) is 0 Å². The van der Waals surface area contributed by atoms with Crippen LogP contribution in [0.3, 0.4) is 0 Å². The molecule has 0 fully saturated rings. The van der Waals surface area contributed by atoms with E-state index in [0.29, 0.717) is 25.5 Å². The van der Waals surface area contributed by atoms with E-state index in [4.69, 9.17) is 28.9 Å². The van der Waals surface area contributed by atoms with E-state index in [9.17, 15) is 9.35 Å². The van der Waals surface area contributed by atoms with E-state index in [2.05, 4.69) is 5.32 Å². The Morgan fingerprint density at radius 2 is 1.73 bits per heavy atom. The monoisotopic (exact) mass is 356 g/mol. The lowest BCUT2D eigenvalue weighted by atomic mass is 10.3.